The van der Waals surface area contributed by atoms with Crippen LogP contribution in [-0.2, 0) is 0 Å². The minimum atomic E-state index is -0.679. The zero-order valence-corrected chi connectivity index (χ0v) is 6.84. The molecule has 0 unspecified atom stereocenters. The molecule has 13 heavy (non-hydrogen) atoms. The van der Waals surface area contributed by atoms with Crippen LogP contribution in [0.1, 0.15) is 5.56 Å². The monoisotopic (exact) mass is 184 g/mol. The number of anilines is 1. The van der Waals surface area contributed by atoms with E-state index in [-0.39, 0.29) is 16.6 Å². The van der Waals surface area contributed by atoms with Crippen LogP contribution in [0.15, 0.2) is 18.2 Å². The molecule has 0 heterocycles. The van der Waals surface area contributed by atoms with Gasteiger partial charge in [-0.3, -0.25) is 20.5 Å². The Morgan fingerprint density at radius 2 is 2.08 bits per heavy atom. The minimum Gasteiger partial charge on any atom is -0.264 e. The van der Waals surface area contributed by atoms with E-state index in [0.717, 1.165) is 0 Å². The first-order valence-electron chi connectivity index (χ1n) is 3.46. The summed E-state index contributed by atoms with van der Waals surface area (Å²) in [5, 5.41) is 27.6. The van der Waals surface area contributed by atoms with E-state index in [1.54, 1.807) is 13.0 Å². The zero-order valence-electron chi connectivity index (χ0n) is 6.84. The number of aryl methyl sites for hydroxylation is 1. The highest BCUT2D eigenvalue weighted by Crippen LogP contribution is 2.29. The summed E-state index contributed by atoms with van der Waals surface area (Å²) in [4.78, 5) is 9.76. The van der Waals surface area contributed by atoms with Gasteiger partial charge < -0.3 is 0 Å². The molecule has 0 aliphatic rings. The highest BCUT2D eigenvalue weighted by molar-refractivity contribution is 5.64. The molecule has 6 heteroatoms. The average Bonchev–Trinajstić information content (AvgIpc) is 2.02. The summed E-state index contributed by atoms with van der Waals surface area (Å²) in [5.74, 6) is 0. The number of nitro benzene ring substituents is 1. The van der Waals surface area contributed by atoms with Crippen LogP contribution in [0.4, 0.5) is 11.4 Å². The van der Waals surface area contributed by atoms with Crippen LogP contribution in [0, 0.1) is 17.0 Å². The van der Waals surface area contributed by atoms with E-state index in [9.17, 15) is 10.1 Å². The second-order valence-corrected chi connectivity index (χ2v) is 2.49. The van der Waals surface area contributed by atoms with Gasteiger partial charge in [0.15, 0.2) is 5.69 Å². The molecule has 1 aromatic rings. The zero-order chi connectivity index (χ0) is 10.0. The Morgan fingerprint density at radius 3 is 2.46 bits per heavy atom. The summed E-state index contributed by atoms with van der Waals surface area (Å²) < 4.78 is 0. The van der Waals surface area contributed by atoms with Gasteiger partial charge in [0.1, 0.15) is 0 Å². The Hall–Kier alpha value is -1.66. The maximum atomic E-state index is 10.4. The van der Waals surface area contributed by atoms with Crippen molar-refractivity contribution >= 4 is 11.4 Å². The van der Waals surface area contributed by atoms with Crippen LogP contribution in [0.2, 0.25) is 0 Å². The highest BCUT2D eigenvalue weighted by atomic mass is 16.8. The standard InChI is InChI=1S/C7H8N2O4/c1-5-3-2-4-6(8(10)11)7(5)9(12)13/h2-4,12-13H,1H3. The van der Waals surface area contributed by atoms with Gasteiger partial charge >= 0.3 is 0 Å². The Morgan fingerprint density at radius 1 is 1.46 bits per heavy atom. The molecule has 1 aromatic carbocycles. The third-order valence-electron chi connectivity index (χ3n) is 1.61. The van der Waals surface area contributed by atoms with Gasteiger partial charge in [0.2, 0.25) is 0 Å². The van der Waals surface area contributed by atoms with Crippen LogP contribution in [-0.4, -0.2) is 15.3 Å². The van der Waals surface area contributed by atoms with Crippen LogP contribution in [0.25, 0.3) is 0 Å². The van der Waals surface area contributed by atoms with Crippen molar-refractivity contribution < 1.29 is 15.3 Å². The number of hydrogen-bond donors (Lipinski definition) is 2. The van der Waals surface area contributed by atoms with E-state index in [0.29, 0.717) is 5.56 Å². The fraction of sp³-hybridized carbons (Fsp3) is 0.143. The van der Waals surface area contributed by atoms with Crippen molar-refractivity contribution in [3.8, 4) is 0 Å². The molecule has 1 rings (SSSR count). The number of nitro groups is 1. The fourth-order valence-electron chi connectivity index (χ4n) is 1.05. The van der Waals surface area contributed by atoms with Crippen molar-refractivity contribution in [2.45, 2.75) is 6.92 Å². The highest BCUT2D eigenvalue weighted by Gasteiger charge is 2.19. The van der Waals surface area contributed by atoms with Crippen molar-refractivity contribution in [3.05, 3.63) is 33.9 Å². The molecule has 0 radical (unpaired) electrons. The van der Waals surface area contributed by atoms with Crippen molar-refractivity contribution in [3.63, 3.8) is 0 Å². The van der Waals surface area contributed by atoms with E-state index in [1.807, 2.05) is 0 Å². The summed E-state index contributed by atoms with van der Waals surface area (Å²) >= 11 is 0. The first-order valence-corrected chi connectivity index (χ1v) is 3.46. The number of hydrogen-bond acceptors (Lipinski definition) is 5. The van der Waals surface area contributed by atoms with E-state index < -0.39 is 4.92 Å². The lowest BCUT2D eigenvalue weighted by atomic mass is 10.2. The lowest BCUT2D eigenvalue weighted by molar-refractivity contribution is -0.384. The molecule has 0 aliphatic heterocycles. The first kappa shape index (κ1) is 9.43. The molecule has 0 saturated carbocycles. The lowest BCUT2D eigenvalue weighted by Crippen LogP contribution is -2.14. The summed E-state index contributed by atoms with van der Waals surface area (Å²) in [6, 6.07) is 4.21. The van der Waals surface area contributed by atoms with Crippen molar-refractivity contribution in [2.24, 2.45) is 0 Å². The predicted octanol–water partition coefficient (Wildman–Crippen LogP) is 1.49. The first-order chi connectivity index (χ1) is 6.04. The smallest absolute Gasteiger partial charge is 0.264 e. The third-order valence-corrected chi connectivity index (χ3v) is 1.61. The van der Waals surface area contributed by atoms with Gasteiger partial charge in [-0.2, -0.15) is 0 Å². The Labute approximate surface area is 73.7 Å². The number of para-hydroxylation sites is 1. The quantitative estimate of drug-likeness (QED) is 0.537. The molecule has 0 amide bonds. The molecule has 0 fully saturated rings. The normalized spacial score (nSPS) is 9.77. The number of rotatable bonds is 2. The lowest BCUT2D eigenvalue weighted by Gasteiger charge is -2.10. The van der Waals surface area contributed by atoms with Crippen LogP contribution >= 0.6 is 0 Å². The SMILES string of the molecule is Cc1cccc([N+](=O)[O-])c1N(O)O. The second-order valence-electron chi connectivity index (χ2n) is 2.49. The predicted molar refractivity (Wildman–Crippen MR) is 43.9 cm³/mol. The molecule has 0 aromatic heterocycles. The topological polar surface area (TPSA) is 86.8 Å². The van der Waals surface area contributed by atoms with Crippen LogP contribution in [0.3, 0.4) is 0 Å². The molecular weight excluding hydrogens is 176 g/mol. The van der Waals surface area contributed by atoms with Gasteiger partial charge in [-0.1, -0.05) is 12.1 Å². The van der Waals surface area contributed by atoms with Crippen molar-refractivity contribution in [1.82, 2.24) is 0 Å². The summed E-state index contributed by atoms with van der Waals surface area (Å²) in [7, 11) is 0. The molecule has 0 saturated heterocycles. The Balaban J connectivity index is 3.34. The van der Waals surface area contributed by atoms with E-state index >= 15 is 0 Å². The van der Waals surface area contributed by atoms with Gasteiger partial charge in [-0.15, -0.1) is 5.23 Å². The molecule has 6 nitrogen and oxygen atoms in total. The van der Waals surface area contributed by atoms with Crippen LogP contribution < -0.4 is 5.23 Å². The average molecular weight is 184 g/mol. The maximum Gasteiger partial charge on any atom is 0.297 e. The van der Waals surface area contributed by atoms with Gasteiger partial charge in [-0.05, 0) is 12.5 Å². The summed E-state index contributed by atoms with van der Waals surface area (Å²) in [5.41, 5.74) is -0.142. The van der Waals surface area contributed by atoms with Gasteiger partial charge in [0, 0.05) is 6.07 Å². The molecule has 70 valence electrons. The second kappa shape index (κ2) is 3.38. The molecule has 0 spiro atoms. The Kier molecular flexibility index (Phi) is 2.45. The largest absolute Gasteiger partial charge is 0.297 e. The van der Waals surface area contributed by atoms with E-state index in [2.05, 4.69) is 0 Å². The third kappa shape index (κ3) is 1.74. The van der Waals surface area contributed by atoms with E-state index in [1.165, 1.54) is 12.1 Å². The maximum absolute atomic E-state index is 10.4. The number of nitrogens with zero attached hydrogens (tertiary/aromatic N) is 2. The fourth-order valence-corrected chi connectivity index (χ4v) is 1.05. The molecule has 2 N–H and O–H groups in total. The summed E-state index contributed by atoms with van der Waals surface area (Å²) in [6.07, 6.45) is 0. The van der Waals surface area contributed by atoms with Gasteiger partial charge in [0.25, 0.3) is 5.69 Å². The summed E-state index contributed by atoms with van der Waals surface area (Å²) in [6.45, 7) is 1.54. The molecule has 0 aliphatic carbocycles. The van der Waals surface area contributed by atoms with Crippen molar-refractivity contribution in [1.29, 1.82) is 0 Å². The van der Waals surface area contributed by atoms with Gasteiger partial charge in [0.05, 0.1) is 4.92 Å². The molecular formula is C7H8N2O4. The Bertz CT molecular complexity index is 337. The minimum absolute atomic E-state index is 0.215. The van der Waals surface area contributed by atoms with E-state index in [4.69, 9.17) is 10.4 Å². The van der Waals surface area contributed by atoms with Crippen LogP contribution in [0.5, 0.6) is 0 Å². The molecule has 0 bridgehead atoms. The number of benzene rings is 1. The van der Waals surface area contributed by atoms with Gasteiger partial charge in [-0.25, -0.2) is 0 Å². The molecule has 0 atom stereocenters. The van der Waals surface area contributed by atoms with Crippen molar-refractivity contribution in [2.75, 3.05) is 5.23 Å².